The average molecular weight is 414 g/mol. The molecule has 0 aliphatic heterocycles. The molecular weight excluding hydrogens is 388 g/mol. The van der Waals surface area contributed by atoms with Crippen LogP contribution in [-0.4, -0.2) is 51.3 Å². The highest BCUT2D eigenvalue weighted by molar-refractivity contribution is 5.99. The first-order valence-electron chi connectivity index (χ1n) is 9.34. The molecule has 30 heavy (non-hydrogen) atoms. The van der Waals surface area contributed by atoms with Gasteiger partial charge in [0.05, 0.1) is 30.9 Å². The predicted molar refractivity (Wildman–Crippen MR) is 112 cm³/mol. The Morgan fingerprint density at radius 1 is 1.03 bits per heavy atom. The Morgan fingerprint density at radius 3 is 2.50 bits per heavy atom. The van der Waals surface area contributed by atoms with Crippen LogP contribution in [0, 0.1) is 5.41 Å². The lowest BCUT2D eigenvalue weighted by Crippen LogP contribution is -2.30. The summed E-state index contributed by atoms with van der Waals surface area (Å²) in [4.78, 5) is 25.1. The molecule has 0 unspecified atom stereocenters. The van der Waals surface area contributed by atoms with Crippen LogP contribution in [0.4, 0.5) is 0 Å². The fourth-order valence-corrected chi connectivity index (χ4v) is 2.46. The molecule has 0 bridgehead atoms. The van der Waals surface area contributed by atoms with Crippen LogP contribution in [-0.2, 0) is 16.0 Å². The number of guanidine groups is 1. The van der Waals surface area contributed by atoms with Crippen molar-refractivity contribution in [1.29, 1.82) is 5.41 Å². The lowest BCUT2D eigenvalue weighted by atomic mass is 10.1. The second-order valence-electron chi connectivity index (χ2n) is 6.21. The number of methoxy groups -OCH3 is 1. The van der Waals surface area contributed by atoms with Crippen molar-refractivity contribution in [2.75, 3.05) is 33.5 Å². The average Bonchev–Trinajstić information content (AvgIpc) is 2.75. The Labute approximate surface area is 175 Å². The number of amides is 1. The van der Waals surface area contributed by atoms with Gasteiger partial charge in [-0.2, -0.15) is 0 Å². The molecule has 1 amide bonds. The van der Waals surface area contributed by atoms with Crippen LogP contribution in [0.25, 0.3) is 0 Å². The van der Waals surface area contributed by atoms with Gasteiger partial charge in [-0.1, -0.05) is 24.3 Å². The van der Waals surface area contributed by atoms with Gasteiger partial charge in [0.15, 0.2) is 5.96 Å². The maximum Gasteiger partial charge on any atom is 0.343 e. The van der Waals surface area contributed by atoms with Crippen molar-refractivity contribution in [1.82, 2.24) is 10.6 Å². The molecule has 0 fully saturated rings. The van der Waals surface area contributed by atoms with E-state index in [-0.39, 0.29) is 30.4 Å². The zero-order valence-corrected chi connectivity index (χ0v) is 16.8. The fraction of sp³-hybridized carbons (Fsp3) is 0.286. The van der Waals surface area contributed by atoms with Crippen molar-refractivity contribution in [3.8, 4) is 5.75 Å². The standard InChI is InChI=1S/C21H26N4O5/c1-28-11-12-29-10-9-24-19(26)17-13-15(14-25-21(22)23)7-8-18(17)30-20(27)16-5-3-2-4-6-16/h2-8,13H,9-12,14H2,1H3,(H,24,26)(H4,22,23,25). The number of nitrogens with two attached hydrogens (primary N) is 1. The third-order valence-electron chi connectivity index (χ3n) is 3.95. The number of hydrogen-bond donors (Lipinski definition) is 4. The summed E-state index contributed by atoms with van der Waals surface area (Å²) in [5, 5.41) is 12.7. The van der Waals surface area contributed by atoms with Gasteiger partial charge in [0.25, 0.3) is 5.91 Å². The number of nitrogens with one attached hydrogen (secondary N) is 3. The summed E-state index contributed by atoms with van der Waals surface area (Å²) in [6.07, 6.45) is 0. The van der Waals surface area contributed by atoms with Crippen LogP contribution in [0.1, 0.15) is 26.3 Å². The van der Waals surface area contributed by atoms with Gasteiger partial charge < -0.3 is 30.6 Å². The molecular formula is C21H26N4O5. The zero-order chi connectivity index (χ0) is 21.8. The third-order valence-corrected chi connectivity index (χ3v) is 3.95. The summed E-state index contributed by atoms with van der Waals surface area (Å²) in [5.74, 6) is -1.03. The molecule has 0 atom stereocenters. The molecule has 160 valence electrons. The van der Waals surface area contributed by atoms with Gasteiger partial charge in [0.2, 0.25) is 0 Å². The van der Waals surface area contributed by atoms with E-state index in [9.17, 15) is 9.59 Å². The van der Waals surface area contributed by atoms with E-state index in [2.05, 4.69) is 10.6 Å². The second kappa shape index (κ2) is 12.2. The highest BCUT2D eigenvalue weighted by Gasteiger charge is 2.17. The molecule has 5 N–H and O–H groups in total. The smallest absolute Gasteiger partial charge is 0.343 e. The molecule has 9 nitrogen and oxygen atoms in total. The topological polar surface area (TPSA) is 136 Å². The van der Waals surface area contributed by atoms with Crippen molar-refractivity contribution in [3.05, 3.63) is 65.2 Å². The number of ether oxygens (including phenoxy) is 3. The lowest BCUT2D eigenvalue weighted by Gasteiger charge is -2.13. The molecule has 9 heteroatoms. The van der Waals surface area contributed by atoms with Gasteiger partial charge in [-0.05, 0) is 29.8 Å². The summed E-state index contributed by atoms with van der Waals surface area (Å²) in [6.45, 7) is 1.75. The van der Waals surface area contributed by atoms with E-state index in [4.69, 9.17) is 25.4 Å². The first kappa shape index (κ1) is 22.9. The molecule has 2 aromatic rings. The molecule has 0 aromatic heterocycles. The van der Waals surface area contributed by atoms with Gasteiger partial charge in [-0.3, -0.25) is 10.2 Å². The van der Waals surface area contributed by atoms with E-state index in [1.807, 2.05) is 0 Å². The van der Waals surface area contributed by atoms with Gasteiger partial charge in [0.1, 0.15) is 5.75 Å². The largest absolute Gasteiger partial charge is 0.422 e. The van der Waals surface area contributed by atoms with Gasteiger partial charge in [-0.25, -0.2) is 4.79 Å². The predicted octanol–water partition coefficient (Wildman–Crippen LogP) is 1.28. The van der Waals surface area contributed by atoms with Gasteiger partial charge >= 0.3 is 5.97 Å². The minimum absolute atomic E-state index is 0.133. The maximum absolute atomic E-state index is 12.7. The summed E-state index contributed by atoms with van der Waals surface area (Å²) >= 11 is 0. The van der Waals surface area contributed by atoms with Crippen LogP contribution in [0.3, 0.4) is 0 Å². The molecule has 0 saturated carbocycles. The molecule has 2 rings (SSSR count). The molecule has 2 aromatic carbocycles. The fourth-order valence-electron chi connectivity index (χ4n) is 2.46. The molecule has 0 radical (unpaired) electrons. The first-order valence-corrected chi connectivity index (χ1v) is 9.34. The van der Waals surface area contributed by atoms with E-state index in [1.54, 1.807) is 55.6 Å². The molecule has 0 spiro atoms. The van der Waals surface area contributed by atoms with E-state index in [0.717, 1.165) is 0 Å². The Kier molecular flexibility index (Phi) is 9.29. The summed E-state index contributed by atoms with van der Waals surface area (Å²) in [7, 11) is 1.58. The van der Waals surface area contributed by atoms with Gasteiger partial charge in [-0.15, -0.1) is 0 Å². The SMILES string of the molecule is COCCOCCNC(=O)c1cc(CNC(=N)N)ccc1OC(=O)c1ccccc1. The first-order chi connectivity index (χ1) is 14.5. The number of carbonyl (C=O) groups is 2. The van der Waals surface area contributed by atoms with Crippen molar-refractivity contribution in [2.24, 2.45) is 5.73 Å². The molecule has 0 aliphatic rings. The van der Waals surface area contributed by atoms with E-state index in [0.29, 0.717) is 30.9 Å². The third kappa shape index (κ3) is 7.53. The zero-order valence-electron chi connectivity index (χ0n) is 16.8. The van der Waals surface area contributed by atoms with Crippen LogP contribution in [0.5, 0.6) is 5.75 Å². The summed E-state index contributed by atoms with van der Waals surface area (Å²) < 4.78 is 15.7. The Hall–Kier alpha value is -3.43. The summed E-state index contributed by atoms with van der Waals surface area (Å²) in [6, 6.07) is 13.3. The van der Waals surface area contributed by atoms with Crippen LogP contribution in [0.15, 0.2) is 48.5 Å². The molecule has 0 saturated heterocycles. The maximum atomic E-state index is 12.7. The Balaban J connectivity index is 2.11. The van der Waals surface area contributed by atoms with Crippen LogP contribution < -0.4 is 21.1 Å². The minimum Gasteiger partial charge on any atom is -0.422 e. The number of hydrogen-bond acceptors (Lipinski definition) is 6. The van der Waals surface area contributed by atoms with E-state index in [1.165, 1.54) is 0 Å². The lowest BCUT2D eigenvalue weighted by molar-refractivity contribution is 0.0689. The van der Waals surface area contributed by atoms with Crippen LogP contribution in [0.2, 0.25) is 0 Å². The Bertz CT molecular complexity index is 858. The number of carbonyl (C=O) groups excluding carboxylic acids is 2. The number of esters is 1. The van der Waals surface area contributed by atoms with E-state index >= 15 is 0 Å². The second-order valence-corrected chi connectivity index (χ2v) is 6.21. The summed E-state index contributed by atoms with van der Waals surface area (Å²) in [5.41, 5.74) is 6.58. The van der Waals surface area contributed by atoms with Crippen molar-refractivity contribution in [3.63, 3.8) is 0 Å². The quantitative estimate of drug-likeness (QED) is 0.143. The Morgan fingerprint density at radius 2 is 1.80 bits per heavy atom. The number of rotatable bonds is 11. The molecule has 0 heterocycles. The monoisotopic (exact) mass is 414 g/mol. The highest BCUT2D eigenvalue weighted by atomic mass is 16.5. The number of benzene rings is 2. The van der Waals surface area contributed by atoms with E-state index < -0.39 is 11.9 Å². The van der Waals surface area contributed by atoms with Crippen LogP contribution >= 0.6 is 0 Å². The molecule has 0 aliphatic carbocycles. The normalized spacial score (nSPS) is 10.3. The van der Waals surface area contributed by atoms with Gasteiger partial charge in [0, 0.05) is 20.2 Å². The van der Waals surface area contributed by atoms with Crippen molar-refractivity contribution < 1.29 is 23.8 Å². The van der Waals surface area contributed by atoms with Crippen molar-refractivity contribution in [2.45, 2.75) is 6.54 Å². The van der Waals surface area contributed by atoms with Crippen molar-refractivity contribution >= 4 is 17.8 Å². The minimum atomic E-state index is -0.567. The highest BCUT2D eigenvalue weighted by Crippen LogP contribution is 2.22.